The maximum atomic E-state index is 13.9. The number of benzene rings is 1. The van der Waals surface area contributed by atoms with Gasteiger partial charge in [-0.05, 0) is 50.1 Å². The highest BCUT2D eigenvalue weighted by Crippen LogP contribution is 2.34. The van der Waals surface area contributed by atoms with E-state index in [1.165, 1.54) is 6.92 Å². The van der Waals surface area contributed by atoms with Crippen LogP contribution in [0.5, 0.6) is 0 Å². The summed E-state index contributed by atoms with van der Waals surface area (Å²) in [7, 11) is 0. The van der Waals surface area contributed by atoms with Crippen molar-refractivity contribution in [3.05, 3.63) is 52.6 Å². The van der Waals surface area contributed by atoms with Gasteiger partial charge < -0.3 is 15.0 Å². The van der Waals surface area contributed by atoms with E-state index in [1.807, 2.05) is 19.9 Å². The third kappa shape index (κ3) is 4.45. The SMILES string of the molecule is Cc1c(CNc2nnc(C)c3cnc(N4CCO[C@H](C)C4)cc23)cc(F)cc1C(F)(F)F. The third-order valence-electron chi connectivity index (χ3n) is 5.63. The molecule has 0 saturated carbocycles. The fourth-order valence-electron chi connectivity index (χ4n) is 3.88. The molecule has 0 amide bonds. The summed E-state index contributed by atoms with van der Waals surface area (Å²) in [4.78, 5) is 6.66. The zero-order valence-electron chi connectivity index (χ0n) is 17.9. The fourth-order valence-corrected chi connectivity index (χ4v) is 3.88. The van der Waals surface area contributed by atoms with Crippen LogP contribution in [0.2, 0.25) is 0 Å². The molecule has 32 heavy (non-hydrogen) atoms. The summed E-state index contributed by atoms with van der Waals surface area (Å²) in [5, 5.41) is 12.9. The lowest BCUT2D eigenvalue weighted by atomic mass is 10.0. The second kappa shape index (κ2) is 8.50. The van der Waals surface area contributed by atoms with Crippen LogP contribution in [0.25, 0.3) is 10.8 Å². The van der Waals surface area contributed by atoms with Crippen molar-refractivity contribution >= 4 is 22.4 Å². The van der Waals surface area contributed by atoms with Crippen LogP contribution in [0.1, 0.15) is 29.3 Å². The summed E-state index contributed by atoms with van der Waals surface area (Å²) in [5.74, 6) is 0.213. The maximum Gasteiger partial charge on any atom is 0.416 e. The van der Waals surface area contributed by atoms with E-state index in [4.69, 9.17) is 4.74 Å². The van der Waals surface area contributed by atoms with Crippen LogP contribution in [0.3, 0.4) is 0 Å². The lowest BCUT2D eigenvalue weighted by molar-refractivity contribution is -0.138. The molecular weight excluding hydrogens is 426 g/mol. The Bertz CT molecular complexity index is 1150. The molecule has 0 radical (unpaired) electrons. The third-order valence-corrected chi connectivity index (χ3v) is 5.63. The lowest BCUT2D eigenvalue weighted by Crippen LogP contribution is -2.41. The molecule has 3 heterocycles. The first-order chi connectivity index (χ1) is 15.1. The number of aromatic nitrogens is 3. The van der Waals surface area contributed by atoms with E-state index in [-0.39, 0.29) is 23.8 Å². The van der Waals surface area contributed by atoms with Crippen LogP contribution in [0.15, 0.2) is 24.4 Å². The Morgan fingerprint density at radius 1 is 1.16 bits per heavy atom. The monoisotopic (exact) mass is 449 g/mol. The van der Waals surface area contributed by atoms with Gasteiger partial charge in [0.2, 0.25) is 0 Å². The second-order valence-corrected chi connectivity index (χ2v) is 7.94. The Balaban J connectivity index is 1.67. The molecule has 0 bridgehead atoms. The van der Waals surface area contributed by atoms with Crippen LogP contribution in [0, 0.1) is 19.7 Å². The van der Waals surface area contributed by atoms with E-state index in [1.54, 1.807) is 6.20 Å². The van der Waals surface area contributed by atoms with Gasteiger partial charge in [0.15, 0.2) is 5.82 Å². The summed E-state index contributed by atoms with van der Waals surface area (Å²) in [6, 6.07) is 3.50. The molecule has 1 aromatic carbocycles. The minimum Gasteiger partial charge on any atom is -0.375 e. The molecule has 6 nitrogen and oxygen atoms in total. The molecule has 2 aromatic heterocycles. The Hall–Kier alpha value is -3.01. The summed E-state index contributed by atoms with van der Waals surface area (Å²) in [5.41, 5.74) is -0.132. The topological polar surface area (TPSA) is 63.2 Å². The molecule has 0 unspecified atom stereocenters. The number of fused-ring (bicyclic) bond motifs is 1. The summed E-state index contributed by atoms with van der Waals surface area (Å²) in [6.07, 6.45) is -2.84. The van der Waals surface area contributed by atoms with Gasteiger partial charge in [-0.1, -0.05) is 0 Å². The molecule has 3 aromatic rings. The van der Waals surface area contributed by atoms with E-state index in [2.05, 4.69) is 25.4 Å². The predicted octanol–water partition coefficient (Wildman–Crippen LogP) is 4.64. The molecule has 1 atom stereocenters. The van der Waals surface area contributed by atoms with Crippen LogP contribution in [-0.4, -0.2) is 41.0 Å². The van der Waals surface area contributed by atoms with Crippen molar-refractivity contribution in [1.82, 2.24) is 15.2 Å². The molecule has 1 fully saturated rings. The average Bonchev–Trinajstić information content (AvgIpc) is 2.74. The number of ether oxygens (including phenoxy) is 1. The number of morpholine rings is 1. The van der Waals surface area contributed by atoms with Gasteiger partial charge in [0.1, 0.15) is 11.6 Å². The number of aryl methyl sites for hydroxylation is 1. The van der Waals surface area contributed by atoms with E-state index < -0.39 is 17.6 Å². The van der Waals surface area contributed by atoms with Gasteiger partial charge in [-0.15, -0.1) is 5.10 Å². The molecule has 0 spiro atoms. The Morgan fingerprint density at radius 2 is 1.94 bits per heavy atom. The summed E-state index contributed by atoms with van der Waals surface area (Å²) in [6.45, 7) is 7.09. The number of anilines is 2. The van der Waals surface area contributed by atoms with E-state index in [0.29, 0.717) is 37.3 Å². The van der Waals surface area contributed by atoms with Gasteiger partial charge >= 0.3 is 6.18 Å². The standard InChI is InChI=1S/C22H23F4N5O/c1-12-11-31(4-5-32-12)20-8-17-18(10-27-20)14(3)29-30-21(17)28-9-15-6-16(23)7-19(13(15)2)22(24,25)26/h6-8,10,12H,4-5,9,11H2,1-3H3,(H,28,30)/t12-/m1/s1. The van der Waals surface area contributed by atoms with Gasteiger partial charge in [-0.3, -0.25) is 0 Å². The zero-order chi connectivity index (χ0) is 23.0. The Labute approximate surface area is 182 Å². The Morgan fingerprint density at radius 3 is 2.66 bits per heavy atom. The molecule has 0 aliphatic carbocycles. The van der Waals surface area contributed by atoms with Crippen molar-refractivity contribution in [3.8, 4) is 0 Å². The molecule has 1 N–H and O–H groups in total. The highest BCUT2D eigenvalue weighted by Gasteiger charge is 2.33. The molecule has 1 aliphatic rings. The predicted molar refractivity (Wildman–Crippen MR) is 113 cm³/mol. The van der Waals surface area contributed by atoms with Gasteiger partial charge in [0.05, 0.1) is 24.0 Å². The van der Waals surface area contributed by atoms with Crippen molar-refractivity contribution in [1.29, 1.82) is 0 Å². The van der Waals surface area contributed by atoms with Gasteiger partial charge in [-0.25, -0.2) is 9.37 Å². The molecule has 10 heteroatoms. The highest BCUT2D eigenvalue weighted by molar-refractivity contribution is 5.94. The number of hydrogen-bond donors (Lipinski definition) is 1. The lowest BCUT2D eigenvalue weighted by Gasteiger charge is -2.32. The Kier molecular flexibility index (Phi) is 5.89. The van der Waals surface area contributed by atoms with Gasteiger partial charge in [-0.2, -0.15) is 18.3 Å². The highest BCUT2D eigenvalue weighted by atomic mass is 19.4. The van der Waals surface area contributed by atoms with Crippen molar-refractivity contribution < 1.29 is 22.3 Å². The van der Waals surface area contributed by atoms with Crippen LogP contribution in [0.4, 0.5) is 29.2 Å². The maximum absolute atomic E-state index is 13.9. The molecule has 170 valence electrons. The molecule has 1 aliphatic heterocycles. The van der Waals surface area contributed by atoms with Crippen molar-refractivity contribution in [2.75, 3.05) is 29.9 Å². The number of halogens is 4. The van der Waals surface area contributed by atoms with Crippen LogP contribution < -0.4 is 10.2 Å². The summed E-state index contributed by atoms with van der Waals surface area (Å²) < 4.78 is 59.2. The van der Waals surface area contributed by atoms with Crippen molar-refractivity contribution in [2.45, 2.75) is 39.6 Å². The number of nitrogens with one attached hydrogen (secondary N) is 1. The second-order valence-electron chi connectivity index (χ2n) is 7.94. The largest absolute Gasteiger partial charge is 0.416 e. The number of nitrogens with zero attached hydrogens (tertiary/aromatic N) is 4. The zero-order valence-corrected chi connectivity index (χ0v) is 17.9. The van der Waals surface area contributed by atoms with E-state index >= 15 is 0 Å². The van der Waals surface area contributed by atoms with Gasteiger partial charge in [0.25, 0.3) is 0 Å². The molecular formula is C22H23F4N5O. The van der Waals surface area contributed by atoms with Crippen molar-refractivity contribution in [2.24, 2.45) is 0 Å². The number of rotatable bonds is 4. The molecule has 1 saturated heterocycles. The molecule has 4 rings (SSSR count). The van der Waals surface area contributed by atoms with E-state index in [0.717, 1.165) is 22.7 Å². The quantitative estimate of drug-likeness (QED) is 0.586. The first-order valence-corrected chi connectivity index (χ1v) is 10.2. The normalized spacial score (nSPS) is 17.1. The first kappa shape index (κ1) is 22.2. The number of hydrogen-bond acceptors (Lipinski definition) is 6. The van der Waals surface area contributed by atoms with E-state index in [9.17, 15) is 17.6 Å². The minimum atomic E-state index is -4.63. The van der Waals surface area contributed by atoms with Crippen LogP contribution >= 0.6 is 0 Å². The van der Waals surface area contributed by atoms with Gasteiger partial charge in [0, 0.05) is 36.6 Å². The summed E-state index contributed by atoms with van der Waals surface area (Å²) >= 11 is 0. The number of alkyl halides is 3. The first-order valence-electron chi connectivity index (χ1n) is 10.2. The average molecular weight is 449 g/mol. The smallest absolute Gasteiger partial charge is 0.375 e. The van der Waals surface area contributed by atoms with Crippen LogP contribution in [-0.2, 0) is 17.5 Å². The minimum absolute atomic E-state index is 0.0274. The number of pyridine rings is 1. The van der Waals surface area contributed by atoms with Crippen molar-refractivity contribution in [3.63, 3.8) is 0 Å². The fraction of sp³-hybridized carbons (Fsp3) is 0.409.